The van der Waals surface area contributed by atoms with Crippen molar-refractivity contribution in [2.75, 3.05) is 6.61 Å². The number of carboxylic acids is 1. The largest absolute Gasteiger partial charge is 0.479 e. The van der Waals surface area contributed by atoms with E-state index in [-0.39, 0.29) is 6.42 Å². The first kappa shape index (κ1) is 42.5. The summed E-state index contributed by atoms with van der Waals surface area (Å²) in [5.41, 5.74) is -0.179. The molecule has 0 amide bonds. The number of aliphatic carboxylic acids is 1. The van der Waals surface area contributed by atoms with Gasteiger partial charge in [0.1, 0.15) is 0 Å². The van der Waals surface area contributed by atoms with Crippen LogP contribution in [0.25, 0.3) is 0 Å². The molecule has 0 radical (unpaired) electrons. The molecule has 0 aliphatic carbocycles. The number of unbranched alkanes of at least 4 members (excludes halogenated alkanes) is 11. The molecular weight excluding hydrogens is 661 g/mol. The van der Waals surface area contributed by atoms with Crippen molar-refractivity contribution in [3.05, 3.63) is 120 Å². The zero-order valence-corrected chi connectivity index (χ0v) is 32.2. The van der Waals surface area contributed by atoms with E-state index in [0.717, 1.165) is 56.1 Å². The molecule has 6 heteroatoms. The predicted octanol–water partition coefficient (Wildman–Crippen LogP) is 11.1. The number of benzene rings is 3. The van der Waals surface area contributed by atoms with Crippen molar-refractivity contribution in [1.29, 1.82) is 0 Å². The van der Waals surface area contributed by atoms with Gasteiger partial charge in [-0.2, -0.15) is 0 Å². The summed E-state index contributed by atoms with van der Waals surface area (Å²) in [6.45, 7) is 2.88. The fourth-order valence-electron chi connectivity index (χ4n) is 7.89. The lowest BCUT2D eigenvalue weighted by Crippen LogP contribution is -2.56. The smallest absolute Gasteiger partial charge is 0.339 e. The molecule has 0 spiro atoms. The highest BCUT2D eigenvalue weighted by Gasteiger charge is 2.54. The van der Waals surface area contributed by atoms with E-state index in [0.29, 0.717) is 18.6 Å². The highest BCUT2D eigenvalue weighted by atomic mass is 16.7. The fraction of sp³-hybridized carbons (Fsp3) is 0.553. The van der Waals surface area contributed by atoms with Crippen LogP contribution < -0.4 is 0 Å². The third kappa shape index (κ3) is 13.8. The van der Waals surface area contributed by atoms with Crippen LogP contribution in [0.2, 0.25) is 0 Å². The van der Waals surface area contributed by atoms with E-state index in [4.69, 9.17) is 9.47 Å². The first-order chi connectivity index (χ1) is 25.9. The summed E-state index contributed by atoms with van der Waals surface area (Å²) in [6, 6.07) is 28.6. The molecule has 3 aromatic rings. The van der Waals surface area contributed by atoms with Gasteiger partial charge in [-0.25, -0.2) is 4.79 Å². The average Bonchev–Trinajstić information content (AvgIpc) is 3.19. The Morgan fingerprint density at radius 2 is 1.26 bits per heavy atom. The van der Waals surface area contributed by atoms with Crippen LogP contribution in [-0.2, 0) is 14.3 Å². The lowest BCUT2D eigenvalue weighted by molar-refractivity contribution is -0.206. The summed E-state index contributed by atoms with van der Waals surface area (Å²) in [4.78, 5) is 13.4. The number of ether oxygens (including phenoxy) is 2. The molecule has 0 saturated carbocycles. The van der Waals surface area contributed by atoms with Gasteiger partial charge in [-0.15, -0.1) is 0 Å². The van der Waals surface area contributed by atoms with E-state index in [9.17, 15) is 20.1 Å². The van der Waals surface area contributed by atoms with Crippen LogP contribution in [0.1, 0.15) is 151 Å². The highest BCUT2D eigenvalue weighted by molar-refractivity contribution is 5.80. The van der Waals surface area contributed by atoms with E-state index >= 15 is 0 Å². The first-order valence-electron chi connectivity index (χ1n) is 20.7. The Morgan fingerprint density at radius 3 is 1.77 bits per heavy atom. The second kappa shape index (κ2) is 24.2. The molecule has 3 aromatic carbocycles. The van der Waals surface area contributed by atoms with Gasteiger partial charge in [0.25, 0.3) is 0 Å². The van der Waals surface area contributed by atoms with E-state index in [1.165, 1.54) is 57.8 Å². The Morgan fingerprint density at radius 1 is 0.755 bits per heavy atom. The molecule has 1 saturated heterocycles. The summed E-state index contributed by atoms with van der Waals surface area (Å²) in [5, 5.41) is 35.6. The summed E-state index contributed by atoms with van der Waals surface area (Å²) in [7, 11) is 0. The maximum absolute atomic E-state index is 13.4. The third-order valence-electron chi connectivity index (χ3n) is 10.9. The molecule has 2 unspecified atom stereocenters. The zero-order valence-electron chi connectivity index (χ0n) is 32.2. The van der Waals surface area contributed by atoms with Gasteiger partial charge < -0.3 is 24.8 Å². The number of hydrogen-bond acceptors (Lipinski definition) is 5. The Labute approximate surface area is 319 Å². The topological polar surface area (TPSA) is 96.2 Å². The lowest BCUT2D eigenvalue weighted by atomic mass is 9.66. The molecule has 5 atom stereocenters. The van der Waals surface area contributed by atoms with Gasteiger partial charge in [-0.3, -0.25) is 0 Å². The zero-order chi connectivity index (χ0) is 37.6. The van der Waals surface area contributed by atoms with Crippen LogP contribution >= 0.6 is 0 Å². The van der Waals surface area contributed by atoms with Gasteiger partial charge in [-0.05, 0) is 68.1 Å². The maximum atomic E-state index is 13.4. The summed E-state index contributed by atoms with van der Waals surface area (Å²) in [6.07, 6.45) is 21.3. The van der Waals surface area contributed by atoms with Crippen molar-refractivity contribution in [2.24, 2.45) is 0 Å². The minimum atomic E-state index is -2.53. The monoisotopic (exact) mass is 726 g/mol. The van der Waals surface area contributed by atoms with Gasteiger partial charge in [0.2, 0.25) is 0 Å². The third-order valence-corrected chi connectivity index (χ3v) is 10.9. The molecule has 1 aliphatic rings. The number of carbonyl (C=O) groups is 1. The molecule has 0 bridgehead atoms. The van der Waals surface area contributed by atoms with Gasteiger partial charge >= 0.3 is 5.97 Å². The van der Waals surface area contributed by atoms with Gasteiger partial charge in [0.15, 0.2) is 11.9 Å². The van der Waals surface area contributed by atoms with Crippen molar-refractivity contribution < 1.29 is 29.6 Å². The SMILES string of the molecule is CCCCCCCCC=CCCCCCCC[C@@H](C[C@H](O)[C@@](O)(C(=O)O)C(c1ccccc1)C(c1ccccc1)c1ccccc1)OC1CCCCO1. The van der Waals surface area contributed by atoms with Crippen molar-refractivity contribution in [2.45, 2.75) is 158 Å². The Hall–Kier alpha value is -3.29. The normalized spacial score (nSPS) is 17.8. The van der Waals surface area contributed by atoms with Crippen molar-refractivity contribution in [3.63, 3.8) is 0 Å². The molecule has 53 heavy (non-hydrogen) atoms. The fourth-order valence-corrected chi connectivity index (χ4v) is 7.89. The molecule has 6 nitrogen and oxygen atoms in total. The Kier molecular flexibility index (Phi) is 19.4. The molecule has 3 N–H and O–H groups in total. The van der Waals surface area contributed by atoms with Crippen molar-refractivity contribution >= 4 is 5.97 Å². The minimum absolute atomic E-state index is 0.0221. The Balaban J connectivity index is 1.44. The van der Waals surface area contributed by atoms with Crippen LogP contribution in [0.4, 0.5) is 0 Å². The Bertz CT molecular complexity index is 1370. The van der Waals surface area contributed by atoms with Crippen LogP contribution in [0.15, 0.2) is 103 Å². The molecule has 4 rings (SSSR count). The highest BCUT2D eigenvalue weighted by Crippen LogP contribution is 2.47. The number of aliphatic hydroxyl groups is 2. The molecule has 290 valence electrons. The number of rotatable bonds is 26. The number of carboxylic acid groups (broad SMARTS) is 1. The van der Waals surface area contributed by atoms with Gasteiger partial charge in [0, 0.05) is 24.9 Å². The van der Waals surface area contributed by atoms with Crippen LogP contribution in [0.3, 0.4) is 0 Å². The predicted molar refractivity (Wildman–Crippen MR) is 215 cm³/mol. The van der Waals surface area contributed by atoms with Gasteiger partial charge in [-0.1, -0.05) is 168 Å². The second-order valence-electron chi connectivity index (χ2n) is 15.0. The quantitative estimate of drug-likeness (QED) is 0.0563. The maximum Gasteiger partial charge on any atom is 0.339 e. The van der Waals surface area contributed by atoms with Gasteiger partial charge in [0.05, 0.1) is 12.2 Å². The number of allylic oxidation sites excluding steroid dienone is 2. The summed E-state index contributed by atoms with van der Waals surface area (Å²) < 4.78 is 12.4. The van der Waals surface area contributed by atoms with Crippen molar-refractivity contribution in [3.8, 4) is 0 Å². The van der Waals surface area contributed by atoms with E-state index in [1.54, 1.807) is 0 Å². The van der Waals surface area contributed by atoms with Crippen molar-refractivity contribution in [1.82, 2.24) is 0 Å². The standard InChI is InChI=1S/C47H66O6/c1-2-3-4-5-6-7-8-9-10-11-12-13-14-15-25-34-41(53-43-35-26-27-36-52-43)37-42(48)47(51,46(49)50)45(40-32-23-18-24-33-40)44(38-28-19-16-20-29-38)39-30-21-17-22-31-39/h9-10,16-24,28-33,41-45,48,51H,2-8,11-15,25-27,34-37H2,1H3,(H,49,50)/t41-,42-,43?,45?,47-/m0/s1. The van der Waals surface area contributed by atoms with Crippen LogP contribution in [-0.4, -0.2) is 52.0 Å². The second-order valence-corrected chi connectivity index (χ2v) is 15.0. The van der Waals surface area contributed by atoms with E-state index < -0.39 is 41.9 Å². The van der Waals surface area contributed by atoms with Crippen LogP contribution in [0.5, 0.6) is 0 Å². The number of aliphatic hydroxyl groups excluding tert-OH is 1. The molecule has 1 fully saturated rings. The minimum Gasteiger partial charge on any atom is -0.479 e. The number of hydrogen-bond donors (Lipinski definition) is 3. The molecule has 1 heterocycles. The average molecular weight is 727 g/mol. The van der Waals surface area contributed by atoms with Crippen LogP contribution in [0, 0.1) is 0 Å². The molecule has 0 aromatic heterocycles. The first-order valence-corrected chi connectivity index (χ1v) is 20.7. The molecule has 1 aliphatic heterocycles. The lowest BCUT2D eigenvalue weighted by Gasteiger charge is -2.42. The summed E-state index contributed by atoms with van der Waals surface area (Å²) in [5.74, 6) is -3.01. The summed E-state index contributed by atoms with van der Waals surface area (Å²) >= 11 is 0. The van der Waals surface area contributed by atoms with E-state index in [1.807, 2.05) is 91.0 Å². The molecular formula is C47H66O6. The van der Waals surface area contributed by atoms with E-state index in [2.05, 4.69) is 19.1 Å².